The third kappa shape index (κ3) is 3.72. The molecule has 0 saturated carbocycles. The van der Waals surface area contributed by atoms with Gasteiger partial charge >= 0.3 is 0 Å². The monoisotopic (exact) mass is 289 g/mol. The molecule has 0 aliphatic heterocycles. The predicted octanol–water partition coefficient (Wildman–Crippen LogP) is 3.28. The highest BCUT2D eigenvalue weighted by molar-refractivity contribution is 5.53. The Hall–Kier alpha value is -2.56. The maximum Gasteiger partial charge on any atom is 0.203 e. The first-order valence-corrected chi connectivity index (χ1v) is 6.48. The minimum absolute atomic E-state index is 0.591. The molecular weight excluding hydrogens is 270 g/mol. The molecule has 0 bridgehead atoms. The summed E-state index contributed by atoms with van der Waals surface area (Å²) in [6, 6.07) is 7.59. The molecule has 5 heteroatoms. The van der Waals surface area contributed by atoms with Gasteiger partial charge in [0.25, 0.3) is 0 Å². The highest BCUT2D eigenvalue weighted by Crippen LogP contribution is 2.38. The number of aromatic nitrogens is 1. The van der Waals surface area contributed by atoms with Gasteiger partial charge in [-0.3, -0.25) is 0 Å². The van der Waals surface area contributed by atoms with Crippen LogP contribution < -0.4 is 14.2 Å². The van der Waals surface area contributed by atoms with E-state index in [9.17, 15) is 0 Å². The van der Waals surface area contributed by atoms with Gasteiger partial charge in [0.1, 0.15) is 6.26 Å². The van der Waals surface area contributed by atoms with E-state index in [1.165, 1.54) is 0 Å². The van der Waals surface area contributed by atoms with Crippen molar-refractivity contribution >= 4 is 0 Å². The Morgan fingerprint density at radius 1 is 0.905 bits per heavy atom. The van der Waals surface area contributed by atoms with Gasteiger partial charge in [-0.15, -0.1) is 0 Å². The molecule has 5 nitrogen and oxygen atoms in total. The fraction of sp³-hybridized carbons (Fsp3) is 0.250. The van der Waals surface area contributed by atoms with E-state index < -0.39 is 0 Å². The average Bonchev–Trinajstić information content (AvgIpc) is 2.48. The van der Waals surface area contributed by atoms with Crippen LogP contribution in [-0.4, -0.2) is 25.9 Å². The number of nitrogens with zero attached hydrogens (tertiary/aromatic N) is 1. The standard InChI is InChI=1S/C16H19NO4/c1-18-14-10-13(11-15(19-2)16(14)20-3)12-17-6-4-5-8-21-9-7-17/h4-11H,12H2,1-3H3. The third-order valence-electron chi connectivity index (χ3n) is 2.97. The molecule has 0 atom stereocenters. The van der Waals surface area contributed by atoms with Crippen LogP contribution in [0.4, 0.5) is 0 Å². The lowest BCUT2D eigenvalue weighted by molar-refractivity contribution is 0.323. The fourth-order valence-electron chi connectivity index (χ4n) is 2.00. The molecule has 0 unspecified atom stereocenters. The van der Waals surface area contributed by atoms with Crippen LogP contribution in [0.15, 0.2) is 53.6 Å². The van der Waals surface area contributed by atoms with E-state index in [0.29, 0.717) is 23.8 Å². The Kier molecular flexibility index (Phi) is 5.15. The van der Waals surface area contributed by atoms with Crippen LogP contribution in [0.25, 0.3) is 0 Å². The van der Waals surface area contributed by atoms with Crippen molar-refractivity contribution in [3.05, 3.63) is 54.7 Å². The highest BCUT2D eigenvalue weighted by Gasteiger charge is 2.12. The second kappa shape index (κ2) is 7.28. The Balaban J connectivity index is 2.38. The van der Waals surface area contributed by atoms with Crippen molar-refractivity contribution in [2.45, 2.75) is 6.54 Å². The van der Waals surface area contributed by atoms with Crippen molar-refractivity contribution in [2.24, 2.45) is 0 Å². The van der Waals surface area contributed by atoms with Crippen LogP contribution in [0, 0.1) is 0 Å². The van der Waals surface area contributed by atoms with Gasteiger partial charge in [0.05, 0.1) is 27.6 Å². The number of benzene rings is 1. The first kappa shape index (κ1) is 14.8. The van der Waals surface area contributed by atoms with E-state index >= 15 is 0 Å². The molecule has 112 valence electrons. The van der Waals surface area contributed by atoms with E-state index in [1.807, 2.05) is 41.2 Å². The maximum atomic E-state index is 5.36. The van der Waals surface area contributed by atoms with Crippen LogP contribution >= 0.6 is 0 Å². The highest BCUT2D eigenvalue weighted by atomic mass is 16.5. The molecule has 0 amide bonds. The Labute approximate surface area is 124 Å². The first-order chi connectivity index (χ1) is 10.3. The number of hydrogen-bond donors (Lipinski definition) is 0. The van der Waals surface area contributed by atoms with Crippen molar-refractivity contribution in [3.63, 3.8) is 0 Å². The Morgan fingerprint density at radius 2 is 1.62 bits per heavy atom. The number of ether oxygens (including phenoxy) is 3. The molecular formula is C16H19NO4. The molecule has 0 saturated heterocycles. The van der Waals surface area contributed by atoms with Gasteiger partial charge in [0.2, 0.25) is 5.75 Å². The molecule has 2 aromatic rings. The zero-order valence-corrected chi connectivity index (χ0v) is 12.4. The van der Waals surface area contributed by atoms with Crippen LogP contribution in [-0.2, 0) is 6.54 Å². The Morgan fingerprint density at radius 3 is 2.24 bits per heavy atom. The van der Waals surface area contributed by atoms with Crippen LogP contribution in [0.1, 0.15) is 5.56 Å². The molecule has 1 aromatic carbocycles. The van der Waals surface area contributed by atoms with Gasteiger partial charge in [-0.05, 0) is 29.8 Å². The normalized spacial score (nSPS) is 9.86. The van der Waals surface area contributed by atoms with Crippen molar-refractivity contribution in [1.82, 2.24) is 4.57 Å². The summed E-state index contributed by atoms with van der Waals surface area (Å²) in [5.41, 5.74) is 1.03. The zero-order valence-electron chi connectivity index (χ0n) is 12.4. The molecule has 2 rings (SSSR count). The summed E-state index contributed by atoms with van der Waals surface area (Å²) < 4.78 is 23.2. The largest absolute Gasteiger partial charge is 0.493 e. The lowest BCUT2D eigenvalue weighted by Gasteiger charge is -2.14. The maximum absolute atomic E-state index is 5.36. The summed E-state index contributed by atoms with van der Waals surface area (Å²) in [6.07, 6.45) is 7.05. The van der Waals surface area contributed by atoms with Crippen LogP contribution in [0.3, 0.4) is 0 Å². The van der Waals surface area contributed by atoms with Gasteiger partial charge in [0, 0.05) is 18.9 Å². The average molecular weight is 289 g/mol. The van der Waals surface area contributed by atoms with E-state index in [-0.39, 0.29) is 0 Å². The lowest BCUT2D eigenvalue weighted by atomic mass is 10.1. The quantitative estimate of drug-likeness (QED) is 0.847. The fourth-order valence-corrected chi connectivity index (χ4v) is 2.00. The SMILES string of the molecule is COc1cc(Cn2ccccocc2)cc(OC)c1OC. The topological polar surface area (TPSA) is 45.8 Å². The number of rotatable bonds is 5. The van der Waals surface area contributed by atoms with Crippen molar-refractivity contribution in [3.8, 4) is 17.2 Å². The summed E-state index contributed by atoms with van der Waals surface area (Å²) in [5, 5.41) is 0. The summed E-state index contributed by atoms with van der Waals surface area (Å²) >= 11 is 0. The predicted molar refractivity (Wildman–Crippen MR) is 79.5 cm³/mol. The summed E-state index contributed by atoms with van der Waals surface area (Å²) in [5.74, 6) is 1.87. The molecule has 1 aromatic heterocycles. The van der Waals surface area contributed by atoms with Crippen molar-refractivity contribution in [1.29, 1.82) is 0 Å². The zero-order chi connectivity index (χ0) is 15.1. The number of hydrogen-bond acceptors (Lipinski definition) is 4. The van der Waals surface area contributed by atoms with Crippen LogP contribution in [0.5, 0.6) is 17.2 Å². The minimum atomic E-state index is 0.591. The van der Waals surface area contributed by atoms with Gasteiger partial charge < -0.3 is 23.2 Å². The second-order valence-corrected chi connectivity index (χ2v) is 4.30. The van der Waals surface area contributed by atoms with Crippen molar-refractivity contribution in [2.75, 3.05) is 21.3 Å². The first-order valence-electron chi connectivity index (χ1n) is 6.48. The van der Waals surface area contributed by atoms with Gasteiger partial charge in [-0.25, -0.2) is 0 Å². The van der Waals surface area contributed by atoms with Gasteiger partial charge in [0.15, 0.2) is 11.5 Å². The molecule has 0 aliphatic carbocycles. The molecule has 0 fully saturated rings. The van der Waals surface area contributed by atoms with E-state index in [4.69, 9.17) is 18.6 Å². The van der Waals surface area contributed by atoms with Gasteiger partial charge in [-0.2, -0.15) is 0 Å². The van der Waals surface area contributed by atoms with E-state index in [2.05, 4.69) is 0 Å². The summed E-state index contributed by atoms with van der Waals surface area (Å²) in [4.78, 5) is 0. The molecule has 0 spiro atoms. The molecule has 0 N–H and O–H groups in total. The minimum Gasteiger partial charge on any atom is -0.493 e. The molecule has 21 heavy (non-hydrogen) atoms. The van der Waals surface area contributed by atoms with E-state index in [1.54, 1.807) is 33.9 Å². The lowest BCUT2D eigenvalue weighted by Crippen LogP contribution is -2.01. The second-order valence-electron chi connectivity index (χ2n) is 4.30. The molecule has 0 aliphatic rings. The van der Waals surface area contributed by atoms with Crippen LogP contribution in [0.2, 0.25) is 0 Å². The van der Waals surface area contributed by atoms with Gasteiger partial charge in [-0.1, -0.05) is 0 Å². The summed E-state index contributed by atoms with van der Waals surface area (Å²) in [6.45, 7) is 0.654. The smallest absolute Gasteiger partial charge is 0.203 e. The third-order valence-corrected chi connectivity index (χ3v) is 2.97. The number of methoxy groups -OCH3 is 3. The molecule has 0 radical (unpaired) electrons. The molecule has 1 heterocycles. The Bertz CT molecular complexity index is 584. The van der Waals surface area contributed by atoms with Crippen molar-refractivity contribution < 1.29 is 18.6 Å². The summed E-state index contributed by atoms with van der Waals surface area (Å²) in [7, 11) is 4.80. The van der Waals surface area contributed by atoms with E-state index in [0.717, 1.165) is 5.56 Å².